The van der Waals surface area contributed by atoms with Crippen molar-refractivity contribution in [1.29, 1.82) is 0 Å². The van der Waals surface area contributed by atoms with E-state index in [1.54, 1.807) is 6.92 Å². The molecule has 0 radical (unpaired) electrons. The van der Waals surface area contributed by atoms with Gasteiger partial charge in [0.05, 0.1) is 13.3 Å². The molecular formula is C11H18N2OP+. The third-order valence-electron chi connectivity index (χ3n) is 2.34. The summed E-state index contributed by atoms with van der Waals surface area (Å²) in [5.41, 5.74) is 5.24. The van der Waals surface area contributed by atoms with Gasteiger partial charge in [0.1, 0.15) is 18.8 Å². The van der Waals surface area contributed by atoms with Gasteiger partial charge in [0.25, 0.3) is 0 Å². The highest BCUT2D eigenvalue weighted by molar-refractivity contribution is 7.79. The predicted molar refractivity (Wildman–Crippen MR) is 66.6 cm³/mol. The number of carbonyl (C=O) groups is 1. The second kappa shape index (κ2) is 4.73. The fourth-order valence-corrected chi connectivity index (χ4v) is 3.58. The molecule has 0 fully saturated rings. The van der Waals surface area contributed by atoms with E-state index in [2.05, 4.69) is 30.5 Å². The Balaban J connectivity index is 2.80. The van der Waals surface area contributed by atoms with Crippen molar-refractivity contribution in [2.45, 2.75) is 13.0 Å². The molecular weight excluding hydrogens is 207 g/mol. The van der Waals surface area contributed by atoms with Crippen molar-refractivity contribution < 1.29 is 4.79 Å². The van der Waals surface area contributed by atoms with E-state index in [1.807, 2.05) is 18.2 Å². The summed E-state index contributed by atoms with van der Waals surface area (Å²) in [7, 11) is -1.46. The lowest BCUT2D eigenvalue weighted by Gasteiger charge is -2.21. The number of hydrogen-bond acceptors (Lipinski definition) is 2. The smallest absolute Gasteiger partial charge is 0.237 e. The first kappa shape index (κ1) is 12.2. The minimum Gasteiger partial charge on any atom is -0.368 e. The van der Waals surface area contributed by atoms with Gasteiger partial charge in [-0.25, -0.2) is 0 Å². The van der Waals surface area contributed by atoms with Crippen LogP contribution in [0.2, 0.25) is 0 Å². The Morgan fingerprint density at radius 3 is 2.33 bits per heavy atom. The van der Waals surface area contributed by atoms with Crippen molar-refractivity contribution in [2.24, 2.45) is 5.73 Å². The van der Waals surface area contributed by atoms with E-state index in [9.17, 15) is 4.79 Å². The SMILES string of the molecule is C[C@H](N[P+](C)(C)c1ccccc1)C(N)=O. The average Bonchev–Trinajstić information content (AvgIpc) is 2.18. The van der Waals surface area contributed by atoms with Gasteiger partial charge in [-0.2, -0.15) is 5.09 Å². The molecule has 82 valence electrons. The molecule has 15 heavy (non-hydrogen) atoms. The number of nitrogens with two attached hydrogens (primary N) is 1. The second-order valence-electron chi connectivity index (χ2n) is 4.04. The number of nitrogens with one attached hydrogen (secondary N) is 1. The van der Waals surface area contributed by atoms with Crippen molar-refractivity contribution in [1.82, 2.24) is 5.09 Å². The van der Waals surface area contributed by atoms with Crippen molar-refractivity contribution in [2.75, 3.05) is 13.3 Å². The van der Waals surface area contributed by atoms with E-state index in [0.29, 0.717) is 0 Å². The molecule has 1 rings (SSSR count). The maximum absolute atomic E-state index is 11.0. The summed E-state index contributed by atoms with van der Waals surface area (Å²) in [6, 6.07) is 9.87. The second-order valence-corrected chi connectivity index (χ2v) is 7.72. The fourth-order valence-electron chi connectivity index (χ4n) is 1.42. The molecule has 4 heteroatoms. The van der Waals surface area contributed by atoms with E-state index < -0.39 is 7.41 Å². The monoisotopic (exact) mass is 225 g/mol. The molecule has 0 spiro atoms. The highest BCUT2D eigenvalue weighted by atomic mass is 31.2. The van der Waals surface area contributed by atoms with Crippen LogP contribution in [-0.4, -0.2) is 25.3 Å². The Morgan fingerprint density at radius 1 is 1.33 bits per heavy atom. The highest BCUT2D eigenvalue weighted by Crippen LogP contribution is 2.45. The van der Waals surface area contributed by atoms with E-state index in [4.69, 9.17) is 5.73 Å². The normalized spacial score (nSPS) is 13.5. The Labute approximate surface area is 91.4 Å². The summed E-state index contributed by atoms with van der Waals surface area (Å²) in [6.07, 6.45) is 0. The van der Waals surface area contributed by atoms with Crippen molar-refractivity contribution in [3.05, 3.63) is 30.3 Å². The molecule has 0 bridgehead atoms. The van der Waals surface area contributed by atoms with Crippen LogP contribution in [0, 0.1) is 0 Å². The van der Waals surface area contributed by atoms with E-state index >= 15 is 0 Å². The van der Waals surface area contributed by atoms with Crippen molar-refractivity contribution >= 4 is 18.6 Å². The van der Waals surface area contributed by atoms with E-state index in [1.165, 1.54) is 5.30 Å². The molecule has 0 saturated carbocycles. The molecule has 0 heterocycles. The molecule has 1 amide bonds. The molecule has 1 aromatic carbocycles. The Bertz CT molecular complexity index is 338. The summed E-state index contributed by atoms with van der Waals surface area (Å²) < 4.78 is 0. The summed E-state index contributed by atoms with van der Waals surface area (Å²) >= 11 is 0. The molecule has 0 aliphatic rings. The van der Waals surface area contributed by atoms with Gasteiger partial charge in [0.15, 0.2) is 0 Å². The van der Waals surface area contributed by atoms with Gasteiger partial charge in [-0.05, 0) is 19.1 Å². The molecule has 3 nitrogen and oxygen atoms in total. The lowest BCUT2D eigenvalue weighted by atomic mass is 10.4. The van der Waals surface area contributed by atoms with E-state index in [0.717, 1.165) is 0 Å². The quantitative estimate of drug-likeness (QED) is 0.750. The highest BCUT2D eigenvalue weighted by Gasteiger charge is 2.31. The van der Waals surface area contributed by atoms with Crippen molar-refractivity contribution in [3.63, 3.8) is 0 Å². The zero-order valence-electron chi connectivity index (χ0n) is 9.40. The Kier molecular flexibility index (Phi) is 3.83. The predicted octanol–water partition coefficient (Wildman–Crippen LogP) is 0.967. The van der Waals surface area contributed by atoms with Gasteiger partial charge < -0.3 is 5.73 Å². The number of carbonyl (C=O) groups excluding carboxylic acids is 1. The van der Waals surface area contributed by atoms with Gasteiger partial charge in [0, 0.05) is 0 Å². The molecule has 0 unspecified atom stereocenters. The third kappa shape index (κ3) is 3.29. The first-order valence-electron chi connectivity index (χ1n) is 4.90. The van der Waals surface area contributed by atoms with Gasteiger partial charge in [0.2, 0.25) is 5.91 Å². The summed E-state index contributed by atoms with van der Waals surface area (Å²) in [5, 5.41) is 4.56. The Morgan fingerprint density at radius 2 is 1.87 bits per heavy atom. The number of benzene rings is 1. The summed E-state index contributed by atoms with van der Waals surface area (Å²) in [6.45, 7) is 6.08. The number of hydrogen-bond donors (Lipinski definition) is 2. The van der Waals surface area contributed by atoms with Crippen LogP contribution in [0.3, 0.4) is 0 Å². The van der Waals surface area contributed by atoms with Crippen LogP contribution < -0.4 is 16.1 Å². The zero-order valence-corrected chi connectivity index (χ0v) is 10.3. The lowest BCUT2D eigenvalue weighted by molar-refractivity contribution is -0.119. The van der Waals surface area contributed by atoms with Gasteiger partial charge in [-0.15, -0.1) is 0 Å². The largest absolute Gasteiger partial charge is 0.368 e. The number of rotatable bonds is 4. The Hall–Kier alpha value is -0.920. The molecule has 1 aromatic rings. The van der Waals surface area contributed by atoms with Crippen LogP contribution in [0.4, 0.5) is 0 Å². The molecule has 0 aromatic heterocycles. The molecule has 0 aliphatic carbocycles. The maximum Gasteiger partial charge on any atom is 0.237 e. The number of primary amides is 1. The van der Waals surface area contributed by atoms with Crippen LogP contribution >= 0.6 is 7.41 Å². The summed E-state index contributed by atoms with van der Waals surface area (Å²) in [4.78, 5) is 11.0. The zero-order chi connectivity index (χ0) is 11.5. The van der Waals surface area contributed by atoms with Crippen LogP contribution in [0.1, 0.15) is 6.92 Å². The fraction of sp³-hybridized carbons (Fsp3) is 0.364. The standard InChI is InChI=1S/C11H17N2OP/c1-9(11(12)14)13-15(2,3)10-7-5-4-6-8-10/h4-9,13H,1-3H3,(H-,12,14)/p+1/t9-/m0/s1. The minimum absolute atomic E-state index is 0.284. The minimum atomic E-state index is -1.46. The lowest BCUT2D eigenvalue weighted by Crippen LogP contribution is -2.40. The van der Waals surface area contributed by atoms with Crippen LogP contribution in [0.25, 0.3) is 0 Å². The number of amides is 1. The molecule has 3 N–H and O–H groups in total. The van der Waals surface area contributed by atoms with Crippen LogP contribution in [0.15, 0.2) is 30.3 Å². The molecule has 0 saturated heterocycles. The molecule has 0 aliphatic heterocycles. The van der Waals surface area contributed by atoms with Gasteiger partial charge in [-0.1, -0.05) is 18.2 Å². The summed E-state index contributed by atoms with van der Waals surface area (Å²) in [5.74, 6) is -0.306. The average molecular weight is 225 g/mol. The van der Waals surface area contributed by atoms with E-state index in [-0.39, 0.29) is 11.9 Å². The van der Waals surface area contributed by atoms with Crippen LogP contribution in [-0.2, 0) is 4.79 Å². The van der Waals surface area contributed by atoms with Gasteiger partial charge >= 0.3 is 0 Å². The topological polar surface area (TPSA) is 55.1 Å². The maximum atomic E-state index is 11.0. The van der Waals surface area contributed by atoms with Crippen LogP contribution in [0.5, 0.6) is 0 Å². The van der Waals surface area contributed by atoms with Gasteiger partial charge in [-0.3, -0.25) is 4.79 Å². The molecule has 1 atom stereocenters. The van der Waals surface area contributed by atoms with Crippen molar-refractivity contribution in [3.8, 4) is 0 Å². The third-order valence-corrected chi connectivity index (χ3v) is 4.97. The first-order chi connectivity index (χ1) is 6.93. The first-order valence-corrected chi connectivity index (χ1v) is 7.58.